The van der Waals surface area contributed by atoms with Gasteiger partial charge in [0.15, 0.2) is 5.58 Å². The third-order valence-corrected chi connectivity index (χ3v) is 3.40. The molecule has 0 saturated heterocycles. The molecule has 1 heterocycles. The number of rotatable bonds is 1. The molecule has 0 spiro atoms. The summed E-state index contributed by atoms with van der Waals surface area (Å²) in [5.41, 5.74) is 0.881. The Balaban J connectivity index is 0.00000120. The second-order valence-electron chi connectivity index (χ2n) is 3.49. The maximum absolute atomic E-state index is 11.1. The van der Waals surface area contributed by atoms with Crippen LogP contribution in [0.1, 0.15) is 0 Å². The van der Waals surface area contributed by atoms with Crippen molar-refractivity contribution in [3.63, 3.8) is 0 Å². The predicted octanol–water partition coefficient (Wildman–Crippen LogP) is -1.72. The van der Waals surface area contributed by atoms with E-state index in [-0.39, 0.29) is 34.5 Å². The summed E-state index contributed by atoms with van der Waals surface area (Å²) in [6.07, 6.45) is 0. The molecule has 0 aliphatic carbocycles. The van der Waals surface area contributed by atoms with Crippen molar-refractivity contribution in [2.45, 2.75) is 4.90 Å². The molecule has 0 amide bonds. The largest absolute Gasteiger partial charge is 1.00 e. The van der Waals surface area contributed by atoms with Crippen LogP contribution in [0.2, 0.25) is 0 Å². The standard InChI is InChI=1S/C10H6N2O4S.Na/c13-17(14,15)9-3-1-2-7-6(9)4-5-8-10(7)16-12-11-8;/h1-5H,(H,13,14,15);/q;+1/p-1. The van der Waals surface area contributed by atoms with E-state index in [1.165, 1.54) is 18.2 Å². The molecule has 0 fully saturated rings. The van der Waals surface area contributed by atoms with Crippen molar-refractivity contribution in [2.24, 2.45) is 0 Å². The van der Waals surface area contributed by atoms with Crippen LogP contribution in [0.5, 0.6) is 0 Å². The van der Waals surface area contributed by atoms with Crippen LogP contribution in [0.3, 0.4) is 0 Å². The summed E-state index contributed by atoms with van der Waals surface area (Å²) >= 11 is 0. The van der Waals surface area contributed by atoms with E-state index >= 15 is 0 Å². The van der Waals surface area contributed by atoms with Crippen LogP contribution in [0.15, 0.2) is 39.8 Å². The van der Waals surface area contributed by atoms with Crippen molar-refractivity contribution >= 4 is 32.0 Å². The maximum atomic E-state index is 11.1. The van der Waals surface area contributed by atoms with E-state index in [9.17, 15) is 13.0 Å². The first-order valence-electron chi connectivity index (χ1n) is 4.67. The van der Waals surface area contributed by atoms with Crippen molar-refractivity contribution in [1.82, 2.24) is 10.4 Å². The Morgan fingerprint density at radius 3 is 2.61 bits per heavy atom. The van der Waals surface area contributed by atoms with E-state index in [1.54, 1.807) is 12.1 Å². The number of benzene rings is 2. The number of hydrogen-bond donors (Lipinski definition) is 0. The van der Waals surface area contributed by atoms with Crippen LogP contribution >= 0.6 is 0 Å². The first-order valence-corrected chi connectivity index (χ1v) is 6.08. The zero-order valence-corrected chi connectivity index (χ0v) is 12.1. The second-order valence-corrected chi connectivity index (χ2v) is 4.84. The van der Waals surface area contributed by atoms with Gasteiger partial charge < -0.3 is 9.08 Å². The summed E-state index contributed by atoms with van der Waals surface area (Å²) in [7, 11) is -4.51. The third-order valence-electron chi connectivity index (χ3n) is 2.50. The zero-order chi connectivity index (χ0) is 12.0. The van der Waals surface area contributed by atoms with Gasteiger partial charge in [0.25, 0.3) is 0 Å². The first-order chi connectivity index (χ1) is 8.07. The van der Waals surface area contributed by atoms with E-state index in [4.69, 9.17) is 4.52 Å². The molecule has 86 valence electrons. The minimum Gasteiger partial charge on any atom is -0.744 e. The monoisotopic (exact) mass is 272 g/mol. The average molecular weight is 272 g/mol. The van der Waals surface area contributed by atoms with E-state index < -0.39 is 10.1 Å². The van der Waals surface area contributed by atoms with Gasteiger partial charge in [-0.25, -0.2) is 8.42 Å². The van der Waals surface area contributed by atoms with Gasteiger partial charge in [-0.05, 0) is 12.1 Å². The Morgan fingerprint density at radius 1 is 1.11 bits per heavy atom. The zero-order valence-electron chi connectivity index (χ0n) is 9.32. The molecule has 0 aliphatic heterocycles. The van der Waals surface area contributed by atoms with Gasteiger partial charge in [-0.1, -0.05) is 18.2 Å². The molecule has 0 saturated carbocycles. The minimum atomic E-state index is -4.51. The molecule has 2 aromatic carbocycles. The normalized spacial score (nSPS) is 11.6. The van der Waals surface area contributed by atoms with Gasteiger partial charge in [0.05, 0.1) is 4.90 Å². The second kappa shape index (κ2) is 4.60. The number of aromatic nitrogens is 2. The summed E-state index contributed by atoms with van der Waals surface area (Å²) in [6.45, 7) is 0. The molecule has 3 aromatic rings. The Kier molecular flexibility index (Phi) is 3.43. The van der Waals surface area contributed by atoms with Gasteiger partial charge in [0, 0.05) is 16.0 Å². The van der Waals surface area contributed by atoms with E-state index in [0.29, 0.717) is 21.9 Å². The van der Waals surface area contributed by atoms with Crippen molar-refractivity contribution in [3.8, 4) is 0 Å². The molecule has 3 rings (SSSR count). The fraction of sp³-hybridized carbons (Fsp3) is 0. The number of hydrogen-bond acceptors (Lipinski definition) is 6. The molecule has 0 bridgehead atoms. The fourth-order valence-corrected chi connectivity index (χ4v) is 2.48. The Hall–Kier alpha value is -0.990. The summed E-state index contributed by atoms with van der Waals surface area (Å²) in [5.74, 6) is 0. The third kappa shape index (κ3) is 2.04. The molecule has 0 atom stereocenters. The van der Waals surface area contributed by atoms with Crippen molar-refractivity contribution < 1.29 is 47.1 Å². The fourth-order valence-electron chi connectivity index (χ4n) is 1.79. The van der Waals surface area contributed by atoms with E-state index in [2.05, 4.69) is 10.4 Å². The molecule has 1 aromatic heterocycles. The molecule has 8 heteroatoms. The molecule has 18 heavy (non-hydrogen) atoms. The first kappa shape index (κ1) is 13.4. The molecule has 0 aliphatic rings. The van der Waals surface area contributed by atoms with Gasteiger partial charge in [0.2, 0.25) is 0 Å². The van der Waals surface area contributed by atoms with Crippen LogP contribution < -0.4 is 29.6 Å². The van der Waals surface area contributed by atoms with Crippen LogP contribution in [-0.4, -0.2) is 23.3 Å². The van der Waals surface area contributed by atoms with Gasteiger partial charge >= 0.3 is 29.6 Å². The summed E-state index contributed by atoms with van der Waals surface area (Å²) in [5, 5.41) is 7.92. The van der Waals surface area contributed by atoms with E-state index in [0.717, 1.165) is 0 Å². The molecule has 0 unspecified atom stereocenters. The van der Waals surface area contributed by atoms with Gasteiger partial charge in [-0.2, -0.15) is 0 Å². The van der Waals surface area contributed by atoms with E-state index in [1.807, 2.05) is 0 Å². The SMILES string of the molecule is O=S(=O)([O-])c1cccc2c1ccc1nnoc12.[Na+]. The predicted molar refractivity (Wildman–Crippen MR) is 57.3 cm³/mol. The Bertz CT molecular complexity index is 828. The average Bonchev–Trinajstić information content (AvgIpc) is 2.75. The Morgan fingerprint density at radius 2 is 1.89 bits per heavy atom. The summed E-state index contributed by atoms with van der Waals surface area (Å²) in [4.78, 5) is -0.270. The van der Waals surface area contributed by atoms with Crippen LogP contribution in [0, 0.1) is 0 Å². The molecule has 0 N–H and O–H groups in total. The molecule has 0 radical (unpaired) electrons. The smallest absolute Gasteiger partial charge is 0.744 e. The Labute approximate surface area is 124 Å². The minimum absolute atomic E-state index is 0. The van der Waals surface area contributed by atoms with Crippen LogP contribution in [0.4, 0.5) is 0 Å². The molecular formula is C10H5N2NaO4S. The van der Waals surface area contributed by atoms with Crippen LogP contribution in [-0.2, 0) is 10.1 Å². The van der Waals surface area contributed by atoms with Gasteiger partial charge in [-0.3, -0.25) is 0 Å². The summed E-state index contributed by atoms with van der Waals surface area (Å²) < 4.78 is 38.3. The topological polar surface area (TPSA) is 96.1 Å². The van der Waals surface area contributed by atoms with Gasteiger partial charge in [-0.15, -0.1) is 5.10 Å². The van der Waals surface area contributed by atoms with Crippen molar-refractivity contribution in [3.05, 3.63) is 30.3 Å². The van der Waals surface area contributed by atoms with Crippen molar-refractivity contribution in [1.29, 1.82) is 0 Å². The quantitative estimate of drug-likeness (QED) is 0.386. The molecular weight excluding hydrogens is 267 g/mol. The number of nitrogens with zero attached hydrogens (tertiary/aromatic N) is 2. The summed E-state index contributed by atoms with van der Waals surface area (Å²) in [6, 6.07) is 7.48. The van der Waals surface area contributed by atoms with Gasteiger partial charge in [0.1, 0.15) is 15.6 Å². The van der Waals surface area contributed by atoms with Crippen LogP contribution in [0.25, 0.3) is 21.9 Å². The number of fused-ring (bicyclic) bond motifs is 3. The van der Waals surface area contributed by atoms with Crippen molar-refractivity contribution in [2.75, 3.05) is 0 Å². The maximum Gasteiger partial charge on any atom is 1.00 e. The molecule has 6 nitrogen and oxygen atoms in total.